The highest BCUT2D eigenvalue weighted by atomic mass is 32.1. The first-order chi connectivity index (χ1) is 13.1. The number of hydrogen-bond acceptors (Lipinski definition) is 5. The molecule has 1 saturated carbocycles. The maximum atomic E-state index is 13.3. The minimum Gasteiger partial charge on any atom is -0.492 e. The van der Waals surface area contributed by atoms with Gasteiger partial charge in [0.15, 0.2) is 5.13 Å². The van der Waals surface area contributed by atoms with Crippen LogP contribution < -0.4 is 9.64 Å². The number of anilines is 1. The molecule has 0 saturated heterocycles. The Balaban J connectivity index is 1.87. The molecular formula is C21H31N3O2S. The average Bonchev–Trinajstić information content (AvgIpc) is 3.10. The van der Waals surface area contributed by atoms with Gasteiger partial charge >= 0.3 is 0 Å². The standard InChI is InChI=1S/C21H31N3O2S/c1-4-26-17-12-8-13-18-19(17)22-21(27-18)24(15-9-14-23(2)3)20(25)16-10-6-5-7-11-16/h8,12-13,16H,4-7,9-11,14-15H2,1-3H3. The zero-order valence-corrected chi connectivity index (χ0v) is 17.6. The summed E-state index contributed by atoms with van der Waals surface area (Å²) in [6.45, 7) is 4.27. The van der Waals surface area contributed by atoms with Crippen molar-refractivity contribution in [3.05, 3.63) is 18.2 Å². The van der Waals surface area contributed by atoms with Gasteiger partial charge in [-0.05, 0) is 59.0 Å². The van der Waals surface area contributed by atoms with Crippen LogP contribution in [0.2, 0.25) is 0 Å². The van der Waals surface area contributed by atoms with Gasteiger partial charge in [-0.1, -0.05) is 36.7 Å². The highest BCUT2D eigenvalue weighted by Gasteiger charge is 2.28. The number of thiazole rings is 1. The summed E-state index contributed by atoms with van der Waals surface area (Å²) in [5.74, 6) is 1.21. The Kier molecular flexibility index (Phi) is 7.07. The molecule has 148 valence electrons. The van der Waals surface area contributed by atoms with E-state index in [0.717, 1.165) is 66.3 Å². The van der Waals surface area contributed by atoms with E-state index >= 15 is 0 Å². The van der Waals surface area contributed by atoms with E-state index in [2.05, 4.69) is 25.1 Å². The van der Waals surface area contributed by atoms with Crippen LogP contribution in [-0.4, -0.2) is 49.6 Å². The van der Waals surface area contributed by atoms with Gasteiger partial charge in [0.1, 0.15) is 11.3 Å². The number of benzene rings is 1. The van der Waals surface area contributed by atoms with Crippen molar-refractivity contribution in [2.75, 3.05) is 38.7 Å². The Morgan fingerprint density at radius 1 is 1.22 bits per heavy atom. The predicted octanol–water partition coefficient (Wildman–Crippen LogP) is 4.56. The van der Waals surface area contributed by atoms with Crippen molar-refractivity contribution in [3.63, 3.8) is 0 Å². The van der Waals surface area contributed by atoms with Crippen LogP contribution in [0.3, 0.4) is 0 Å². The van der Waals surface area contributed by atoms with E-state index in [0.29, 0.717) is 6.61 Å². The fraction of sp³-hybridized carbons (Fsp3) is 0.619. The lowest BCUT2D eigenvalue weighted by Gasteiger charge is -2.28. The highest BCUT2D eigenvalue weighted by molar-refractivity contribution is 7.22. The van der Waals surface area contributed by atoms with Crippen LogP contribution in [0.4, 0.5) is 5.13 Å². The van der Waals surface area contributed by atoms with Gasteiger partial charge in [-0.3, -0.25) is 9.69 Å². The Hall–Kier alpha value is -1.66. The number of ether oxygens (including phenoxy) is 1. The summed E-state index contributed by atoms with van der Waals surface area (Å²) in [6, 6.07) is 6.01. The third-order valence-electron chi connectivity index (χ3n) is 5.11. The van der Waals surface area contributed by atoms with Gasteiger partial charge in [-0.25, -0.2) is 4.98 Å². The molecule has 0 unspecified atom stereocenters. The summed E-state index contributed by atoms with van der Waals surface area (Å²) in [5, 5.41) is 0.812. The van der Waals surface area contributed by atoms with E-state index in [1.165, 1.54) is 6.42 Å². The lowest BCUT2D eigenvalue weighted by atomic mass is 9.88. The van der Waals surface area contributed by atoms with E-state index in [-0.39, 0.29) is 11.8 Å². The van der Waals surface area contributed by atoms with E-state index in [1.807, 2.05) is 24.0 Å². The van der Waals surface area contributed by atoms with Gasteiger partial charge < -0.3 is 9.64 Å². The highest BCUT2D eigenvalue weighted by Crippen LogP contribution is 2.36. The number of carbonyl (C=O) groups is 1. The molecule has 6 heteroatoms. The van der Waals surface area contributed by atoms with Crippen LogP contribution in [0.5, 0.6) is 5.75 Å². The number of fused-ring (bicyclic) bond motifs is 1. The second-order valence-electron chi connectivity index (χ2n) is 7.51. The molecule has 0 atom stereocenters. The van der Waals surface area contributed by atoms with Gasteiger partial charge in [0.05, 0.1) is 11.3 Å². The molecule has 0 N–H and O–H groups in total. The first kappa shape index (κ1) is 20.1. The van der Waals surface area contributed by atoms with Gasteiger partial charge in [0.25, 0.3) is 0 Å². The molecule has 1 aliphatic carbocycles. The van der Waals surface area contributed by atoms with E-state index in [9.17, 15) is 4.79 Å². The molecule has 27 heavy (non-hydrogen) atoms. The third-order valence-corrected chi connectivity index (χ3v) is 6.15. The molecule has 1 amide bonds. The Labute approximate surface area is 166 Å². The molecule has 2 aromatic rings. The van der Waals surface area contributed by atoms with Gasteiger partial charge in [-0.2, -0.15) is 0 Å². The fourth-order valence-corrected chi connectivity index (χ4v) is 4.73. The van der Waals surface area contributed by atoms with Crippen LogP contribution >= 0.6 is 11.3 Å². The molecule has 1 aliphatic rings. The van der Waals surface area contributed by atoms with Crippen molar-refractivity contribution in [2.24, 2.45) is 5.92 Å². The molecule has 3 rings (SSSR count). The average molecular weight is 390 g/mol. The van der Waals surface area contributed by atoms with E-state index in [4.69, 9.17) is 9.72 Å². The van der Waals surface area contributed by atoms with Crippen LogP contribution in [0, 0.1) is 5.92 Å². The Morgan fingerprint density at radius 2 is 2.00 bits per heavy atom. The summed E-state index contributed by atoms with van der Waals surface area (Å²) in [7, 11) is 4.14. The van der Waals surface area contributed by atoms with Crippen molar-refractivity contribution in [1.82, 2.24) is 9.88 Å². The first-order valence-corrected chi connectivity index (χ1v) is 10.9. The summed E-state index contributed by atoms with van der Waals surface area (Å²) in [4.78, 5) is 22.2. The van der Waals surface area contributed by atoms with Gasteiger partial charge in [0.2, 0.25) is 5.91 Å². The zero-order chi connectivity index (χ0) is 19.2. The van der Waals surface area contributed by atoms with Gasteiger partial charge in [0, 0.05) is 12.5 Å². The largest absolute Gasteiger partial charge is 0.492 e. The summed E-state index contributed by atoms with van der Waals surface area (Å²) in [5.41, 5.74) is 0.869. The second kappa shape index (κ2) is 9.51. The Bertz CT molecular complexity index is 753. The molecule has 5 nitrogen and oxygen atoms in total. The second-order valence-corrected chi connectivity index (χ2v) is 8.52. The zero-order valence-electron chi connectivity index (χ0n) is 16.7. The summed E-state index contributed by atoms with van der Waals surface area (Å²) >= 11 is 1.60. The molecule has 1 fully saturated rings. The third kappa shape index (κ3) is 4.99. The summed E-state index contributed by atoms with van der Waals surface area (Å²) < 4.78 is 6.81. The van der Waals surface area contributed by atoms with Crippen LogP contribution in [0.15, 0.2) is 18.2 Å². The number of amides is 1. The van der Waals surface area contributed by atoms with E-state index in [1.54, 1.807) is 11.3 Å². The molecule has 1 aromatic carbocycles. The molecule has 0 spiro atoms. The minimum atomic E-state index is 0.150. The molecule has 0 bridgehead atoms. The quantitative estimate of drug-likeness (QED) is 0.664. The number of aromatic nitrogens is 1. The maximum Gasteiger partial charge on any atom is 0.231 e. The SMILES string of the molecule is CCOc1cccc2sc(N(CCCN(C)C)C(=O)C3CCCCC3)nc12. The number of para-hydroxylation sites is 1. The van der Waals surface area contributed by atoms with Crippen LogP contribution in [0.1, 0.15) is 45.4 Å². The molecule has 1 heterocycles. The van der Waals surface area contributed by atoms with Crippen LogP contribution in [0.25, 0.3) is 10.2 Å². The van der Waals surface area contributed by atoms with Crippen molar-refractivity contribution in [1.29, 1.82) is 0 Å². The van der Waals surface area contributed by atoms with Crippen molar-refractivity contribution in [3.8, 4) is 5.75 Å². The topological polar surface area (TPSA) is 45.7 Å². The fourth-order valence-electron chi connectivity index (χ4n) is 3.71. The minimum absolute atomic E-state index is 0.150. The molecule has 1 aromatic heterocycles. The van der Waals surface area contributed by atoms with Gasteiger partial charge in [-0.15, -0.1) is 0 Å². The van der Waals surface area contributed by atoms with Crippen molar-refractivity contribution in [2.45, 2.75) is 45.4 Å². The number of hydrogen-bond donors (Lipinski definition) is 0. The lowest BCUT2D eigenvalue weighted by molar-refractivity contribution is -0.123. The van der Waals surface area contributed by atoms with Crippen LogP contribution in [-0.2, 0) is 4.79 Å². The predicted molar refractivity (Wildman–Crippen MR) is 113 cm³/mol. The number of carbonyl (C=O) groups excluding carboxylic acids is 1. The maximum absolute atomic E-state index is 13.3. The monoisotopic (exact) mass is 389 g/mol. The molecule has 0 aliphatic heterocycles. The van der Waals surface area contributed by atoms with Crippen molar-refractivity contribution < 1.29 is 9.53 Å². The number of rotatable bonds is 8. The Morgan fingerprint density at radius 3 is 2.70 bits per heavy atom. The first-order valence-electron chi connectivity index (χ1n) is 10.1. The lowest BCUT2D eigenvalue weighted by Crippen LogP contribution is -2.38. The normalized spacial score (nSPS) is 15.4. The van der Waals surface area contributed by atoms with E-state index < -0.39 is 0 Å². The smallest absolute Gasteiger partial charge is 0.231 e. The van der Waals surface area contributed by atoms with Crippen molar-refractivity contribution >= 4 is 32.6 Å². The molecule has 0 radical (unpaired) electrons. The summed E-state index contributed by atoms with van der Waals surface area (Å²) in [6.07, 6.45) is 6.55. The molecular weight excluding hydrogens is 358 g/mol. The number of nitrogens with zero attached hydrogens (tertiary/aromatic N) is 3.